The molecule has 8 nitrogen and oxygen atoms in total. The molecule has 1 aliphatic rings. The molecule has 1 fully saturated rings. The van der Waals surface area contributed by atoms with Gasteiger partial charge in [0, 0.05) is 29.8 Å². The molecule has 1 aliphatic heterocycles. The van der Waals surface area contributed by atoms with Crippen LogP contribution in [-0.4, -0.2) is 50.8 Å². The number of hydrogen-bond acceptors (Lipinski definition) is 5. The minimum Gasteiger partial charge on any atom is -0.406 e. The largest absolute Gasteiger partial charge is 0.573 e. The Kier molecular flexibility index (Phi) is 8.67. The molecule has 0 N–H and O–H groups in total. The van der Waals surface area contributed by atoms with Gasteiger partial charge in [-0.3, -0.25) is 0 Å². The predicted molar refractivity (Wildman–Crippen MR) is 154 cm³/mol. The Balaban J connectivity index is 1.22. The van der Waals surface area contributed by atoms with E-state index in [1.807, 2.05) is 29.2 Å². The van der Waals surface area contributed by atoms with Gasteiger partial charge in [0.2, 0.25) is 0 Å². The number of halogens is 4. The maximum atomic E-state index is 14.9. The number of aryl methyl sites for hydroxylation is 1. The smallest absolute Gasteiger partial charge is 0.406 e. The Morgan fingerprint density at radius 1 is 1.10 bits per heavy atom. The molecule has 2 amide bonds. The first-order valence-corrected chi connectivity index (χ1v) is 13.9. The zero-order valence-electron chi connectivity index (χ0n) is 22.2. The molecule has 4 aromatic rings. The highest BCUT2D eigenvalue weighted by molar-refractivity contribution is 8.14. The van der Waals surface area contributed by atoms with Gasteiger partial charge in [-0.1, -0.05) is 61.2 Å². The first-order chi connectivity index (χ1) is 20.2. The van der Waals surface area contributed by atoms with Crippen molar-refractivity contribution in [2.75, 3.05) is 17.2 Å². The van der Waals surface area contributed by atoms with Gasteiger partial charge in [0.05, 0.1) is 5.69 Å². The summed E-state index contributed by atoms with van der Waals surface area (Å²) in [7, 11) is 0. The minimum absolute atomic E-state index is 0.274. The Labute approximate surface area is 242 Å². The van der Waals surface area contributed by atoms with Crippen LogP contribution in [-0.2, 0) is 6.42 Å². The molecule has 1 atom stereocenters. The molecule has 1 aromatic heterocycles. The van der Waals surface area contributed by atoms with Crippen LogP contribution in [0.5, 0.6) is 5.75 Å². The van der Waals surface area contributed by atoms with E-state index in [0.29, 0.717) is 28.8 Å². The van der Waals surface area contributed by atoms with E-state index in [4.69, 9.17) is 0 Å². The van der Waals surface area contributed by atoms with Crippen molar-refractivity contribution < 1.29 is 27.1 Å². The van der Waals surface area contributed by atoms with Crippen LogP contribution in [0, 0.1) is 0 Å². The van der Waals surface area contributed by atoms with E-state index in [2.05, 4.69) is 31.7 Å². The second-order valence-corrected chi connectivity index (χ2v) is 10.1. The van der Waals surface area contributed by atoms with Crippen LogP contribution in [0.25, 0.3) is 17.1 Å². The van der Waals surface area contributed by atoms with Crippen LogP contribution in [0.15, 0.2) is 89.1 Å². The average Bonchev–Trinajstić information content (AvgIpc) is 3.66. The van der Waals surface area contributed by atoms with Gasteiger partial charge >= 0.3 is 12.4 Å². The lowest BCUT2D eigenvalue weighted by Gasteiger charge is -2.20. The number of hydrogen-bond donors (Lipinski definition) is 0. The van der Waals surface area contributed by atoms with E-state index in [1.165, 1.54) is 59.2 Å². The summed E-state index contributed by atoms with van der Waals surface area (Å²) in [5.41, 5.74) is 3.48. The molecule has 0 aliphatic carbocycles. The number of amidine groups is 1. The number of aliphatic imine (C=N–C) groups is 2. The van der Waals surface area contributed by atoms with Gasteiger partial charge < -0.3 is 9.64 Å². The van der Waals surface area contributed by atoms with E-state index in [-0.39, 0.29) is 11.3 Å². The lowest BCUT2D eigenvalue weighted by atomic mass is 10.1. The van der Waals surface area contributed by atoms with Gasteiger partial charge in [0.25, 0.3) is 0 Å². The zero-order chi connectivity index (χ0) is 29.7. The van der Waals surface area contributed by atoms with Crippen LogP contribution >= 0.6 is 11.8 Å². The van der Waals surface area contributed by atoms with Crippen molar-refractivity contribution in [2.24, 2.45) is 9.98 Å². The standard InChI is InChI=1S/C29H24F4N6O2S/c1-2-19-5-3-4-6-25(19)38-15-16-42-28(38)36-27(40)34-17-24(30)20-7-9-21(10-8-20)26-35-18-39(37-26)22-11-13-23(14-12-22)41-29(31,32)33/h3-14,17-18,24H,2,15-16H2,1H3. The second kappa shape index (κ2) is 12.6. The fraction of sp³-hybridized carbons (Fsp3) is 0.207. The number of nitrogens with zero attached hydrogens (tertiary/aromatic N) is 6. The number of para-hydroxylation sites is 1. The minimum atomic E-state index is -4.78. The topological polar surface area (TPSA) is 85.0 Å². The van der Waals surface area contributed by atoms with Crippen LogP contribution < -0.4 is 9.64 Å². The fourth-order valence-electron chi connectivity index (χ4n) is 4.25. The van der Waals surface area contributed by atoms with Crippen molar-refractivity contribution in [3.05, 3.63) is 90.3 Å². The molecule has 0 bridgehead atoms. The zero-order valence-corrected chi connectivity index (χ0v) is 23.0. The summed E-state index contributed by atoms with van der Waals surface area (Å²) >= 11 is 1.45. The highest BCUT2D eigenvalue weighted by Crippen LogP contribution is 2.29. The molecule has 216 valence electrons. The Morgan fingerprint density at radius 3 is 2.55 bits per heavy atom. The number of amides is 2. The third kappa shape index (κ3) is 7.03. The van der Waals surface area contributed by atoms with Gasteiger partial charge in [-0.25, -0.2) is 23.8 Å². The highest BCUT2D eigenvalue weighted by Gasteiger charge is 2.31. The summed E-state index contributed by atoms with van der Waals surface area (Å²) < 4.78 is 57.2. The first-order valence-electron chi connectivity index (χ1n) is 12.9. The second-order valence-electron chi connectivity index (χ2n) is 9.02. The van der Waals surface area contributed by atoms with Gasteiger partial charge in [-0.2, -0.15) is 4.99 Å². The Morgan fingerprint density at radius 2 is 1.83 bits per heavy atom. The van der Waals surface area contributed by atoms with E-state index < -0.39 is 18.6 Å². The van der Waals surface area contributed by atoms with Crippen LogP contribution in [0.3, 0.4) is 0 Å². The van der Waals surface area contributed by atoms with Crippen LogP contribution in [0.2, 0.25) is 0 Å². The average molecular weight is 597 g/mol. The van der Waals surface area contributed by atoms with Gasteiger partial charge in [-0.05, 0) is 47.9 Å². The molecular formula is C29H24F4N6O2S. The summed E-state index contributed by atoms with van der Waals surface area (Å²) in [4.78, 5) is 26.5. The number of urea groups is 1. The number of alkyl halides is 4. The molecular weight excluding hydrogens is 572 g/mol. The lowest BCUT2D eigenvalue weighted by Crippen LogP contribution is -2.25. The molecule has 1 unspecified atom stereocenters. The number of anilines is 1. The molecule has 1 saturated heterocycles. The van der Waals surface area contributed by atoms with Gasteiger partial charge in [0.1, 0.15) is 12.1 Å². The van der Waals surface area contributed by atoms with Crippen molar-refractivity contribution in [1.82, 2.24) is 14.8 Å². The van der Waals surface area contributed by atoms with E-state index in [0.717, 1.165) is 29.6 Å². The molecule has 0 saturated carbocycles. The SMILES string of the molecule is CCc1ccccc1N1CCSC1=NC(=O)N=CC(F)c1ccc(-c2ncn(-c3ccc(OC(F)(F)F)cc3)n2)cc1. The number of benzene rings is 3. The van der Waals surface area contributed by atoms with Crippen molar-refractivity contribution >= 4 is 34.9 Å². The van der Waals surface area contributed by atoms with E-state index >= 15 is 0 Å². The number of carbonyl (C=O) groups is 1. The number of rotatable bonds is 7. The molecule has 2 heterocycles. The summed E-state index contributed by atoms with van der Waals surface area (Å²) in [6.45, 7) is 2.78. The van der Waals surface area contributed by atoms with Gasteiger partial charge in [0.15, 0.2) is 17.2 Å². The molecule has 42 heavy (non-hydrogen) atoms. The molecule has 5 rings (SSSR count). The number of ether oxygens (including phenoxy) is 1. The van der Waals surface area contributed by atoms with E-state index in [1.54, 1.807) is 12.1 Å². The monoisotopic (exact) mass is 596 g/mol. The first kappa shape index (κ1) is 29.0. The molecule has 13 heteroatoms. The Hall–Kier alpha value is -4.52. The normalized spacial score (nSPS) is 15.5. The van der Waals surface area contributed by atoms with E-state index in [9.17, 15) is 22.4 Å². The van der Waals surface area contributed by atoms with Crippen molar-refractivity contribution in [2.45, 2.75) is 25.9 Å². The van der Waals surface area contributed by atoms with Crippen LogP contribution in [0.1, 0.15) is 24.2 Å². The summed E-state index contributed by atoms with van der Waals surface area (Å²) in [6.07, 6.45) is -3.25. The third-order valence-electron chi connectivity index (χ3n) is 6.26. The fourth-order valence-corrected chi connectivity index (χ4v) is 5.20. The third-order valence-corrected chi connectivity index (χ3v) is 7.22. The number of aromatic nitrogens is 3. The van der Waals surface area contributed by atoms with Gasteiger partial charge in [-0.15, -0.1) is 18.3 Å². The predicted octanol–water partition coefficient (Wildman–Crippen LogP) is 7.21. The highest BCUT2D eigenvalue weighted by atomic mass is 32.2. The van der Waals surface area contributed by atoms with Crippen molar-refractivity contribution in [1.29, 1.82) is 0 Å². The van der Waals surface area contributed by atoms with Crippen molar-refractivity contribution in [3.8, 4) is 22.8 Å². The quantitative estimate of drug-likeness (QED) is 0.166. The molecule has 3 aromatic carbocycles. The Bertz CT molecular complexity index is 1600. The lowest BCUT2D eigenvalue weighted by molar-refractivity contribution is -0.274. The number of carbonyl (C=O) groups excluding carboxylic acids is 1. The van der Waals surface area contributed by atoms with Crippen molar-refractivity contribution in [3.63, 3.8) is 0 Å². The maximum Gasteiger partial charge on any atom is 0.573 e. The van der Waals surface area contributed by atoms with Crippen LogP contribution in [0.4, 0.5) is 28.0 Å². The summed E-state index contributed by atoms with van der Waals surface area (Å²) in [5, 5.41) is 4.87. The molecule has 0 spiro atoms. The number of thioether (sulfide) groups is 1. The maximum absolute atomic E-state index is 14.9. The molecule has 0 radical (unpaired) electrons. The summed E-state index contributed by atoms with van der Waals surface area (Å²) in [5.74, 6) is 0.760. The summed E-state index contributed by atoms with van der Waals surface area (Å²) in [6, 6.07) is 18.6.